The first kappa shape index (κ1) is 37.3. The van der Waals surface area contributed by atoms with Gasteiger partial charge in [0, 0.05) is 20.9 Å². The van der Waals surface area contributed by atoms with Crippen LogP contribution in [0.3, 0.4) is 0 Å². The lowest BCUT2D eigenvalue weighted by molar-refractivity contribution is -0.0441. The molecule has 5 aromatic rings. The topological polar surface area (TPSA) is 3.24 Å². The molecule has 4 fully saturated rings. The van der Waals surface area contributed by atoms with Crippen molar-refractivity contribution in [3.63, 3.8) is 0 Å². The van der Waals surface area contributed by atoms with Gasteiger partial charge in [0.05, 0.1) is 11.4 Å². The maximum atomic E-state index is 2.78. The molecule has 4 bridgehead atoms. The Kier molecular flexibility index (Phi) is 8.12. The zero-order chi connectivity index (χ0) is 40.0. The van der Waals surface area contributed by atoms with Gasteiger partial charge in [-0.05, 0) is 178 Å². The van der Waals surface area contributed by atoms with E-state index in [-0.39, 0.29) is 27.1 Å². The lowest BCUT2D eigenvalue weighted by Crippen LogP contribution is -2.57. The highest BCUT2D eigenvalue weighted by molar-refractivity contribution is 7.99. The standard InChI is InChI=1S/C56H63NS/c1-52(2)24-26-54(5,6)50-43(52)19-14-21-45(50)57(46-22-15-20-44-51(46)55(7,8)27-25-53(44,3)4)40-33-41(37-16-10-9-11-17-37)49-48(34-40)58-47-23-13-12-18-42(47)56(49)38-29-35-28-36(31-38)32-39(56)30-35/h9-23,33-36,38-39H,24-32H2,1-8H3. The lowest BCUT2D eigenvalue weighted by atomic mass is 9.41. The van der Waals surface area contributed by atoms with Gasteiger partial charge in [-0.1, -0.05) is 140 Å². The molecule has 0 radical (unpaired) electrons. The molecular formula is C56H63NS. The predicted molar refractivity (Wildman–Crippen MR) is 246 cm³/mol. The number of hydrogen-bond acceptors (Lipinski definition) is 2. The first-order valence-corrected chi connectivity index (χ1v) is 23.6. The summed E-state index contributed by atoms with van der Waals surface area (Å²) in [5.41, 5.74) is 16.6. The summed E-state index contributed by atoms with van der Waals surface area (Å²) >= 11 is 2.06. The Balaban J connectivity index is 1.25. The second-order valence-electron chi connectivity index (χ2n) is 22.3. The zero-order valence-corrected chi connectivity index (χ0v) is 37.2. The lowest BCUT2D eigenvalue weighted by Gasteiger charge is -2.63. The van der Waals surface area contributed by atoms with Crippen LogP contribution in [0.1, 0.15) is 147 Å². The molecule has 1 spiro atoms. The van der Waals surface area contributed by atoms with Gasteiger partial charge < -0.3 is 4.90 Å². The van der Waals surface area contributed by atoms with Crippen molar-refractivity contribution in [2.75, 3.05) is 4.90 Å². The van der Waals surface area contributed by atoms with Crippen molar-refractivity contribution < 1.29 is 0 Å². The monoisotopic (exact) mass is 781 g/mol. The van der Waals surface area contributed by atoms with Gasteiger partial charge in [-0.15, -0.1) is 0 Å². The van der Waals surface area contributed by atoms with Crippen molar-refractivity contribution in [2.45, 2.75) is 150 Å². The van der Waals surface area contributed by atoms with Crippen LogP contribution in [-0.2, 0) is 27.1 Å². The summed E-state index contributed by atoms with van der Waals surface area (Å²) in [6, 6.07) is 41.2. The Hall–Kier alpha value is -3.75. The molecule has 0 amide bonds. The van der Waals surface area contributed by atoms with E-state index >= 15 is 0 Å². The van der Waals surface area contributed by atoms with Crippen molar-refractivity contribution in [1.29, 1.82) is 0 Å². The molecule has 4 saturated carbocycles. The van der Waals surface area contributed by atoms with Crippen LogP contribution < -0.4 is 4.90 Å². The van der Waals surface area contributed by atoms with Gasteiger partial charge in [-0.25, -0.2) is 0 Å². The fourth-order valence-corrected chi connectivity index (χ4v) is 15.5. The molecule has 0 atom stereocenters. The summed E-state index contributed by atoms with van der Waals surface area (Å²) in [4.78, 5) is 5.76. The van der Waals surface area contributed by atoms with Crippen LogP contribution in [0.2, 0.25) is 0 Å². The van der Waals surface area contributed by atoms with Crippen LogP contribution in [0.4, 0.5) is 17.1 Å². The van der Waals surface area contributed by atoms with Crippen LogP contribution in [0.25, 0.3) is 11.1 Å². The number of nitrogens with zero attached hydrogens (tertiary/aromatic N) is 1. The number of fused-ring (bicyclic) bond motifs is 4. The maximum absolute atomic E-state index is 2.78. The average molecular weight is 782 g/mol. The minimum Gasteiger partial charge on any atom is -0.310 e. The normalized spacial score (nSPS) is 28.6. The smallest absolute Gasteiger partial charge is 0.0502 e. The van der Waals surface area contributed by atoms with E-state index in [1.54, 1.807) is 11.1 Å². The van der Waals surface area contributed by atoms with E-state index in [1.807, 2.05) is 0 Å². The van der Waals surface area contributed by atoms with E-state index in [1.165, 1.54) is 118 Å². The van der Waals surface area contributed by atoms with E-state index in [0.717, 1.165) is 11.8 Å². The minimum atomic E-state index is 0.0396. The van der Waals surface area contributed by atoms with E-state index in [2.05, 4.69) is 175 Å². The highest BCUT2D eigenvalue weighted by Crippen LogP contribution is 2.70. The predicted octanol–water partition coefficient (Wildman–Crippen LogP) is 15.7. The fraction of sp³-hybridized carbons (Fsp3) is 0.464. The average Bonchev–Trinajstić information content (AvgIpc) is 3.20. The third kappa shape index (κ3) is 5.28. The molecule has 298 valence electrons. The highest BCUT2D eigenvalue weighted by atomic mass is 32.2. The van der Waals surface area contributed by atoms with Crippen molar-refractivity contribution in [3.05, 3.63) is 137 Å². The molecule has 1 nitrogen and oxygen atoms in total. The summed E-state index contributed by atoms with van der Waals surface area (Å²) in [6.07, 6.45) is 11.8. The second kappa shape index (κ2) is 12.6. The van der Waals surface area contributed by atoms with Crippen LogP contribution >= 0.6 is 11.8 Å². The van der Waals surface area contributed by atoms with Crippen LogP contribution in [-0.4, -0.2) is 0 Å². The van der Waals surface area contributed by atoms with Crippen LogP contribution in [0.15, 0.2) is 113 Å². The number of anilines is 3. The number of hydrogen-bond donors (Lipinski definition) is 0. The van der Waals surface area contributed by atoms with Crippen molar-refractivity contribution in [2.24, 2.45) is 23.7 Å². The van der Waals surface area contributed by atoms with Gasteiger partial charge >= 0.3 is 0 Å². The summed E-state index contributed by atoms with van der Waals surface area (Å²) in [5.74, 6) is 3.20. The third-order valence-electron chi connectivity index (χ3n) is 17.0. The van der Waals surface area contributed by atoms with Gasteiger partial charge in [-0.2, -0.15) is 0 Å². The first-order chi connectivity index (χ1) is 27.7. The zero-order valence-electron chi connectivity index (χ0n) is 36.3. The van der Waals surface area contributed by atoms with Gasteiger partial charge in [-0.3, -0.25) is 0 Å². The van der Waals surface area contributed by atoms with Gasteiger partial charge in [0.25, 0.3) is 0 Å². The van der Waals surface area contributed by atoms with Crippen molar-refractivity contribution >= 4 is 28.8 Å². The molecule has 58 heavy (non-hydrogen) atoms. The quantitative estimate of drug-likeness (QED) is 0.179. The Morgan fingerprint density at radius 1 is 0.466 bits per heavy atom. The minimum absolute atomic E-state index is 0.0396. The fourth-order valence-electron chi connectivity index (χ4n) is 14.2. The van der Waals surface area contributed by atoms with Gasteiger partial charge in [0.15, 0.2) is 0 Å². The summed E-state index contributed by atoms with van der Waals surface area (Å²) in [5, 5.41) is 0. The molecule has 0 unspecified atom stereocenters. The van der Waals surface area contributed by atoms with Crippen LogP contribution in [0.5, 0.6) is 0 Å². The summed E-state index contributed by atoms with van der Waals surface area (Å²) in [7, 11) is 0. The number of benzene rings is 5. The molecule has 1 heterocycles. The Bertz CT molecular complexity index is 2350. The second-order valence-corrected chi connectivity index (χ2v) is 23.4. The van der Waals surface area contributed by atoms with E-state index in [9.17, 15) is 0 Å². The van der Waals surface area contributed by atoms with E-state index in [0.29, 0.717) is 11.8 Å². The molecular weight excluding hydrogens is 719 g/mol. The number of rotatable bonds is 4. The Morgan fingerprint density at radius 2 is 0.966 bits per heavy atom. The molecule has 5 aromatic carbocycles. The van der Waals surface area contributed by atoms with E-state index < -0.39 is 0 Å². The first-order valence-electron chi connectivity index (χ1n) is 22.8. The third-order valence-corrected chi connectivity index (χ3v) is 18.1. The maximum Gasteiger partial charge on any atom is 0.0502 e. The molecule has 7 aliphatic rings. The molecule has 0 N–H and O–H groups in total. The van der Waals surface area contributed by atoms with Crippen LogP contribution in [0, 0.1) is 23.7 Å². The van der Waals surface area contributed by atoms with Crippen molar-refractivity contribution in [3.8, 4) is 11.1 Å². The summed E-state index contributed by atoms with van der Waals surface area (Å²) in [6.45, 7) is 20.0. The molecule has 0 saturated heterocycles. The molecule has 12 rings (SSSR count). The highest BCUT2D eigenvalue weighted by Gasteiger charge is 2.61. The molecule has 0 aromatic heterocycles. The summed E-state index contributed by atoms with van der Waals surface area (Å²) < 4.78 is 0. The Morgan fingerprint density at radius 3 is 1.53 bits per heavy atom. The SMILES string of the molecule is CC1(C)CCC(C)(C)c2c(N(c3cc4c(c(-c5ccccc5)c3)C3(c5ccccc5S4)C4CC5CC(C4)CC3C5)c3cccc4c3C(C)(C)CCC4(C)C)cccc21. The largest absolute Gasteiger partial charge is 0.310 e. The van der Waals surface area contributed by atoms with Gasteiger partial charge in [0.1, 0.15) is 0 Å². The van der Waals surface area contributed by atoms with Gasteiger partial charge in [0.2, 0.25) is 0 Å². The molecule has 6 aliphatic carbocycles. The van der Waals surface area contributed by atoms with E-state index in [4.69, 9.17) is 0 Å². The Labute approximate surface area is 353 Å². The molecule has 2 heteroatoms. The van der Waals surface area contributed by atoms with Crippen molar-refractivity contribution in [1.82, 2.24) is 0 Å². The molecule has 1 aliphatic heterocycles.